The van der Waals surface area contributed by atoms with Crippen LogP contribution in [0.4, 0.5) is 0 Å². The second-order valence-corrected chi connectivity index (χ2v) is 5.70. The molecule has 0 aromatic heterocycles. The zero-order valence-corrected chi connectivity index (χ0v) is 15.2. The number of aryl methyl sites for hydroxylation is 1. The van der Waals surface area contributed by atoms with Crippen LogP contribution >= 0.6 is 0 Å². The summed E-state index contributed by atoms with van der Waals surface area (Å²) < 4.78 is 5.20. The fourth-order valence-electron chi connectivity index (χ4n) is 2.83. The minimum atomic E-state index is 0. The van der Waals surface area contributed by atoms with Crippen molar-refractivity contribution in [3.63, 3.8) is 0 Å². The van der Waals surface area contributed by atoms with E-state index in [9.17, 15) is 4.79 Å². The second-order valence-electron chi connectivity index (χ2n) is 5.70. The summed E-state index contributed by atoms with van der Waals surface area (Å²) in [4.78, 5) is 12.4. The molecule has 1 aromatic carbocycles. The monoisotopic (exact) mass is 372 g/mol. The molecule has 0 heterocycles. The van der Waals surface area contributed by atoms with Gasteiger partial charge in [0.1, 0.15) is 5.75 Å². The standard InChI is InChI=1S/C17H15O2.C5H5.Fe/c1-19-15-8-9-16-13(11-15)6-7-14(17(16)18)10-12-4-2-3-5-12;1-2-4-5-3-1;/h2-5,8-11H,6-7H2,1H3;1-5H;/q;;+2/b14-10+;;. The summed E-state index contributed by atoms with van der Waals surface area (Å²) in [6.07, 6.45) is 21.7. The Morgan fingerprint density at radius 2 is 1.56 bits per heavy atom. The molecule has 0 atom stereocenters. The molecule has 0 spiro atoms. The van der Waals surface area contributed by atoms with Crippen LogP contribution in [-0.2, 0) is 23.5 Å². The summed E-state index contributed by atoms with van der Waals surface area (Å²) in [5.41, 5.74) is 2.79. The van der Waals surface area contributed by atoms with E-state index in [-0.39, 0.29) is 22.9 Å². The number of Topliss-reactive ketones (excluding diaryl/α,β-unsaturated/α-hetero) is 1. The third-order valence-electron chi connectivity index (χ3n) is 4.10. The molecule has 0 N–H and O–H groups in total. The maximum absolute atomic E-state index is 12.4. The van der Waals surface area contributed by atoms with Crippen LogP contribution in [0.3, 0.4) is 0 Å². The topological polar surface area (TPSA) is 26.3 Å². The molecule has 25 heavy (non-hydrogen) atoms. The number of hydrogen-bond donors (Lipinski definition) is 0. The smallest absolute Gasteiger partial charge is 0.497 e. The zero-order chi connectivity index (χ0) is 16.8. The fraction of sp³-hybridized carbons (Fsp3) is 0.136. The Bertz CT molecular complexity index is 588. The van der Waals surface area contributed by atoms with Crippen molar-refractivity contribution in [2.75, 3.05) is 7.11 Å². The number of carbonyl (C=O) groups is 1. The normalized spacial score (nSPS) is 21.3. The van der Waals surface area contributed by atoms with Gasteiger partial charge in [0.2, 0.25) is 0 Å². The predicted octanol–water partition coefficient (Wildman–Crippen LogP) is 4.17. The molecule has 2 saturated carbocycles. The Morgan fingerprint density at radius 3 is 2.16 bits per heavy atom. The molecule has 3 aliphatic rings. The summed E-state index contributed by atoms with van der Waals surface area (Å²) in [5.74, 6) is 2.06. The van der Waals surface area contributed by atoms with E-state index < -0.39 is 0 Å². The second kappa shape index (κ2) is 10.2. The van der Waals surface area contributed by atoms with Gasteiger partial charge in [-0.25, -0.2) is 0 Å². The number of rotatable bonds is 2. The van der Waals surface area contributed by atoms with Gasteiger partial charge in [0.05, 0.1) is 7.11 Å². The Hall–Kier alpha value is -1.05. The predicted molar refractivity (Wildman–Crippen MR) is 95.7 cm³/mol. The van der Waals surface area contributed by atoms with Crippen LogP contribution in [0, 0.1) is 63.7 Å². The summed E-state index contributed by atoms with van der Waals surface area (Å²) in [7, 11) is 1.65. The van der Waals surface area contributed by atoms with Gasteiger partial charge in [0.15, 0.2) is 5.78 Å². The molecule has 3 aliphatic carbocycles. The quantitative estimate of drug-likeness (QED) is 0.575. The number of benzene rings is 1. The maximum Gasteiger partial charge on any atom is 2.00 e. The number of ether oxygens (including phenoxy) is 1. The van der Waals surface area contributed by atoms with Gasteiger partial charge in [-0.05, 0) is 100.0 Å². The van der Waals surface area contributed by atoms with Crippen molar-refractivity contribution in [2.24, 2.45) is 0 Å². The van der Waals surface area contributed by atoms with E-state index in [0.29, 0.717) is 0 Å². The number of fused-ring (bicyclic) bond motifs is 1. The molecule has 126 valence electrons. The molecule has 10 radical (unpaired) electrons. The minimum absolute atomic E-state index is 0. The van der Waals surface area contributed by atoms with Crippen molar-refractivity contribution in [3.8, 4) is 5.75 Å². The van der Waals surface area contributed by atoms with Gasteiger partial charge in [0, 0.05) is 11.5 Å². The van der Waals surface area contributed by atoms with Crippen molar-refractivity contribution in [1.82, 2.24) is 0 Å². The van der Waals surface area contributed by atoms with Crippen LogP contribution in [0.2, 0.25) is 0 Å². The molecule has 2 fully saturated rings. The van der Waals surface area contributed by atoms with E-state index in [0.717, 1.165) is 41.2 Å². The van der Waals surface area contributed by atoms with Crippen LogP contribution in [0.1, 0.15) is 22.3 Å². The van der Waals surface area contributed by atoms with E-state index in [2.05, 4.69) is 0 Å². The Balaban J connectivity index is 0.000000325. The third kappa shape index (κ3) is 5.46. The number of ketones is 1. The van der Waals surface area contributed by atoms with Gasteiger partial charge >= 0.3 is 17.1 Å². The van der Waals surface area contributed by atoms with Crippen LogP contribution in [0.5, 0.6) is 5.75 Å². The average Bonchev–Trinajstić information content (AvgIpc) is 3.33. The Morgan fingerprint density at radius 1 is 0.920 bits per heavy atom. The van der Waals surface area contributed by atoms with Gasteiger partial charge in [-0.3, -0.25) is 4.79 Å². The van der Waals surface area contributed by atoms with E-state index >= 15 is 0 Å². The van der Waals surface area contributed by atoms with Crippen molar-refractivity contribution in [1.29, 1.82) is 0 Å². The van der Waals surface area contributed by atoms with Crippen LogP contribution in [0.15, 0.2) is 29.8 Å². The van der Waals surface area contributed by atoms with Crippen molar-refractivity contribution in [2.45, 2.75) is 12.8 Å². The van der Waals surface area contributed by atoms with Gasteiger partial charge in [0.25, 0.3) is 0 Å². The molecule has 0 bridgehead atoms. The molecule has 1 aromatic rings. The summed E-state index contributed by atoms with van der Waals surface area (Å²) in [5, 5.41) is 0. The number of allylic oxidation sites excluding steroid dienone is 2. The number of carbonyl (C=O) groups excluding carboxylic acids is 1. The molecule has 4 rings (SSSR count). The maximum atomic E-state index is 12.4. The first kappa shape index (κ1) is 20.3. The van der Waals surface area contributed by atoms with E-state index in [1.165, 1.54) is 0 Å². The molecule has 3 heteroatoms. The molecular weight excluding hydrogens is 352 g/mol. The molecule has 0 unspecified atom stereocenters. The minimum Gasteiger partial charge on any atom is -0.497 e. The van der Waals surface area contributed by atoms with Crippen molar-refractivity contribution < 1.29 is 26.6 Å². The van der Waals surface area contributed by atoms with Gasteiger partial charge in [-0.15, -0.1) is 0 Å². The molecule has 0 amide bonds. The van der Waals surface area contributed by atoms with E-state index in [1.807, 2.05) is 82.1 Å². The first-order valence-electron chi connectivity index (χ1n) is 8.08. The summed E-state index contributed by atoms with van der Waals surface area (Å²) in [6, 6.07) is 5.68. The van der Waals surface area contributed by atoms with Gasteiger partial charge < -0.3 is 4.74 Å². The molecule has 0 saturated heterocycles. The Labute approximate surface area is 162 Å². The SMILES string of the molecule is COc1ccc2c(c1)CC/C(=C\[C]1[CH][CH][CH][CH]1)C2=O.[CH]1[CH][CH][CH][CH]1.[Fe+2]. The van der Waals surface area contributed by atoms with E-state index in [1.54, 1.807) is 7.11 Å². The van der Waals surface area contributed by atoms with Crippen molar-refractivity contribution in [3.05, 3.63) is 105 Å². The van der Waals surface area contributed by atoms with Crippen LogP contribution in [0.25, 0.3) is 0 Å². The number of hydrogen-bond acceptors (Lipinski definition) is 2. The zero-order valence-electron chi connectivity index (χ0n) is 14.1. The first-order chi connectivity index (χ1) is 11.8. The Kier molecular flexibility index (Phi) is 8.25. The molecular formula is C22H20FeO2+2. The van der Waals surface area contributed by atoms with Gasteiger partial charge in [-0.2, -0.15) is 0 Å². The van der Waals surface area contributed by atoms with Crippen LogP contribution in [-0.4, -0.2) is 12.9 Å². The average molecular weight is 372 g/mol. The van der Waals surface area contributed by atoms with Gasteiger partial charge in [-0.1, -0.05) is 6.08 Å². The molecule has 2 nitrogen and oxygen atoms in total. The van der Waals surface area contributed by atoms with Crippen molar-refractivity contribution >= 4 is 5.78 Å². The molecule has 0 aliphatic heterocycles. The largest absolute Gasteiger partial charge is 2.00 e. The number of methoxy groups -OCH3 is 1. The van der Waals surface area contributed by atoms with E-state index in [4.69, 9.17) is 4.74 Å². The first-order valence-corrected chi connectivity index (χ1v) is 8.08. The van der Waals surface area contributed by atoms with Crippen LogP contribution < -0.4 is 4.74 Å². The fourth-order valence-corrected chi connectivity index (χ4v) is 2.83. The summed E-state index contributed by atoms with van der Waals surface area (Å²) in [6.45, 7) is 0. The summed E-state index contributed by atoms with van der Waals surface area (Å²) >= 11 is 0. The third-order valence-corrected chi connectivity index (χ3v) is 4.10.